The molecule has 0 aliphatic heterocycles. The van der Waals surface area contributed by atoms with E-state index < -0.39 is 40.2 Å². The van der Waals surface area contributed by atoms with Gasteiger partial charge in [0.05, 0.1) is 31.4 Å². The molecule has 10 nitrogen and oxygen atoms in total. The lowest BCUT2D eigenvalue weighted by Gasteiger charge is -2.32. The monoisotopic (exact) mass is 629 g/mol. The van der Waals surface area contributed by atoms with Crippen molar-refractivity contribution in [3.63, 3.8) is 0 Å². The van der Waals surface area contributed by atoms with Gasteiger partial charge in [-0.2, -0.15) is 0 Å². The lowest BCUT2D eigenvalue weighted by atomic mass is 10.1. The number of hydrogen-bond donors (Lipinski definition) is 1. The molecule has 3 aromatic carbocycles. The van der Waals surface area contributed by atoms with Crippen LogP contribution in [-0.2, 0) is 26.2 Å². The Balaban J connectivity index is 2.06. The fourth-order valence-corrected chi connectivity index (χ4v) is 5.76. The van der Waals surface area contributed by atoms with Crippen molar-refractivity contribution in [3.8, 4) is 17.2 Å². The maximum Gasteiger partial charge on any atom is 0.264 e. The molecule has 44 heavy (non-hydrogen) atoms. The van der Waals surface area contributed by atoms with Crippen LogP contribution < -0.4 is 23.8 Å². The standard InChI is InChI=1S/C32H40FN3O7S/c1-7-43-27-14-12-26(13-15-27)36(44(39,40)28-16-17-29(41-5)30(18-28)42-6)21-31(37)35(20-24-8-10-25(33)11-9-24)23(4)32(38)34-19-22(2)3/h8-18,22-23H,7,19-21H2,1-6H3,(H,34,38). The van der Waals surface area contributed by atoms with Gasteiger partial charge >= 0.3 is 0 Å². The molecular formula is C32H40FN3O7S. The van der Waals surface area contributed by atoms with Gasteiger partial charge in [0.1, 0.15) is 24.2 Å². The SMILES string of the molecule is CCOc1ccc(N(CC(=O)N(Cc2ccc(F)cc2)C(C)C(=O)NCC(C)C)S(=O)(=O)c2ccc(OC)c(OC)c2)cc1. The van der Waals surface area contributed by atoms with E-state index >= 15 is 0 Å². The highest BCUT2D eigenvalue weighted by Gasteiger charge is 2.33. The van der Waals surface area contributed by atoms with E-state index in [1.807, 2.05) is 20.8 Å². The van der Waals surface area contributed by atoms with Gasteiger partial charge in [0, 0.05) is 19.2 Å². The van der Waals surface area contributed by atoms with Gasteiger partial charge in [-0.05, 0) is 73.9 Å². The maximum absolute atomic E-state index is 14.2. The Labute approximate surface area is 258 Å². The number of rotatable bonds is 15. The molecule has 0 aliphatic rings. The zero-order valence-electron chi connectivity index (χ0n) is 25.9. The van der Waals surface area contributed by atoms with E-state index in [0.29, 0.717) is 30.2 Å². The Morgan fingerprint density at radius 2 is 1.55 bits per heavy atom. The first-order valence-electron chi connectivity index (χ1n) is 14.2. The van der Waals surface area contributed by atoms with Crippen LogP contribution >= 0.6 is 0 Å². The lowest BCUT2D eigenvalue weighted by molar-refractivity contribution is -0.139. The predicted molar refractivity (Wildman–Crippen MR) is 166 cm³/mol. The fourth-order valence-electron chi connectivity index (χ4n) is 4.33. The van der Waals surface area contributed by atoms with E-state index in [1.165, 1.54) is 61.6 Å². The molecule has 0 fully saturated rings. The average Bonchev–Trinajstić information content (AvgIpc) is 3.01. The van der Waals surface area contributed by atoms with Crippen molar-refractivity contribution >= 4 is 27.5 Å². The molecule has 0 spiro atoms. The van der Waals surface area contributed by atoms with Crippen LogP contribution in [0.5, 0.6) is 17.2 Å². The third-order valence-electron chi connectivity index (χ3n) is 6.78. The molecule has 0 bridgehead atoms. The van der Waals surface area contributed by atoms with Crippen molar-refractivity contribution in [2.75, 3.05) is 38.2 Å². The number of anilines is 1. The molecule has 0 saturated carbocycles. The number of nitrogens with one attached hydrogen (secondary N) is 1. The largest absolute Gasteiger partial charge is 0.494 e. The zero-order valence-corrected chi connectivity index (χ0v) is 26.7. The second-order valence-electron chi connectivity index (χ2n) is 10.4. The molecule has 0 heterocycles. The number of benzene rings is 3. The van der Waals surface area contributed by atoms with Crippen molar-refractivity contribution in [2.24, 2.45) is 5.92 Å². The highest BCUT2D eigenvalue weighted by atomic mass is 32.2. The molecule has 0 radical (unpaired) electrons. The number of amides is 2. The van der Waals surface area contributed by atoms with Gasteiger partial charge < -0.3 is 24.4 Å². The molecule has 1 atom stereocenters. The predicted octanol–water partition coefficient (Wildman–Crippen LogP) is 4.63. The van der Waals surface area contributed by atoms with Crippen molar-refractivity contribution < 1.29 is 36.6 Å². The van der Waals surface area contributed by atoms with Crippen LogP contribution in [0, 0.1) is 11.7 Å². The van der Waals surface area contributed by atoms with Crippen LogP contribution in [-0.4, -0.2) is 65.1 Å². The first kappa shape index (κ1) is 34.2. The summed E-state index contributed by atoms with van der Waals surface area (Å²) >= 11 is 0. The Morgan fingerprint density at radius 1 is 0.909 bits per heavy atom. The van der Waals surface area contributed by atoms with E-state index in [1.54, 1.807) is 31.2 Å². The Hall–Kier alpha value is -4.32. The fraction of sp³-hybridized carbons (Fsp3) is 0.375. The minimum atomic E-state index is -4.35. The third-order valence-corrected chi connectivity index (χ3v) is 8.55. The highest BCUT2D eigenvalue weighted by molar-refractivity contribution is 7.92. The summed E-state index contributed by atoms with van der Waals surface area (Å²) in [4.78, 5) is 28.3. The van der Waals surface area contributed by atoms with Gasteiger partial charge in [0.15, 0.2) is 11.5 Å². The molecule has 238 valence electrons. The number of sulfonamides is 1. The normalized spacial score (nSPS) is 11.9. The van der Waals surface area contributed by atoms with Gasteiger partial charge in [0.2, 0.25) is 11.8 Å². The zero-order chi connectivity index (χ0) is 32.4. The molecule has 1 N–H and O–H groups in total. The van der Waals surface area contributed by atoms with Crippen molar-refractivity contribution in [2.45, 2.75) is 45.2 Å². The average molecular weight is 630 g/mol. The van der Waals surface area contributed by atoms with Crippen LogP contribution in [0.15, 0.2) is 71.6 Å². The number of nitrogens with zero attached hydrogens (tertiary/aromatic N) is 2. The maximum atomic E-state index is 14.2. The molecular weight excluding hydrogens is 589 g/mol. The van der Waals surface area contributed by atoms with E-state index in [-0.39, 0.29) is 28.8 Å². The van der Waals surface area contributed by atoms with E-state index in [9.17, 15) is 22.4 Å². The minimum absolute atomic E-state index is 0.0527. The number of hydrogen-bond acceptors (Lipinski definition) is 7. The topological polar surface area (TPSA) is 114 Å². The summed E-state index contributed by atoms with van der Waals surface area (Å²) in [5.41, 5.74) is 0.772. The second-order valence-corrected chi connectivity index (χ2v) is 12.3. The van der Waals surface area contributed by atoms with Gasteiger partial charge in [-0.25, -0.2) is 12.8 Å². The minimum Gasteiger partial charge on any atom is -0.494 e. The molecule has 3 aromatic rings. The van der Waals surface area contributed by atoms with Crippen LogP contribution in [0.25, 0.3) is 0 Å². The number of methoxy groups -OCH3 is 2. The number of halogens is 1. The van der Waals surface area contributed by atoms with Crippen molar-refractivity contribution in [1.82, 2.24) is 10.2 Å². The Bertz CT molecular complexity index is 1510. The number of ether oxygens (including phenoxy) is 3. The Morgan fingerprint density at radius 3 is 2.11 bits per heavy atom. The molecule has 12 heteroatoms. The van der Waals surface area contributed by atoms with Crippen LogP contribution in [0.4, 0.5) is 10.1 Å². The van der Waals surface area contributed by atoms with Crippen LogP contribution in [0.2, 0.25) is 0 Å². The summed E-state index contributed by atoms with van der Waals surface area (Å²) in [5.74, 6) is -0.253. The Kier molecular flexibility index (Phi) is 12.0. The smallest absolute Gasteiger partial charge is 0.264 e. The van der Waals surface area contributed by atoms with E-state index in [2.05, 4.69) is 5.32 Å². The molecule has 0 aliphatic carbocycles. The van der Waals surface area contributed by atoms with Crippen molar-refractivity contribution in [3.05, 3.63) is 78.1 Å². The third kappa shape index (κ3) is 8.62. The van der Waals surface area contributed by atoms with Crippen LogP contribution in [0.1, 0.15) is 33.3 Å². The molecule has 1 unspecified atom stereocenters. The van der Waals surface area contributed by atoms with Gasteiger partial charge in [-0.1, -0.05) is 26.0 Å². The second kappa shape index (κ2) is 15.4. The summed E-state index contributed by atoms with van der Waals surface area (Å²) in [6.45, 7) is 7.42. The van der Waals surface area contributed by atoms with Gasteiger partial charge in [0.25, 0.3) is 10.0 Å². The van der Waals surface area contributed by atoms with Gasteiger partial charge in [-0.3, -0.25) is 13.9 Å². The van der Waals surface area contributed by atoms with Crippen molar-refractivity contribution in [1.29, 1.82) is 0 Å². The molecule has 2 amide bonds. The first-order chi connectivity index (χ1) is 20.9. The summed E-state index contributed by atoms with van der Waals surface area (Å²) in [6.07, 6.45) is 0. The molecule has 0 aromatic heterocycles. The van der Waals surface area contributed by atoms with E-state index in [4.69, 9.17) is 14.2 Å². The lowest BCUT2D eigenvalue weighted by Crippen LogP contribution is -2.51. The summed E-state index contributed by atoms with van der Waals surface area (Å²) < 4.78 is 59.0. The van der Waals surface area contributed by atoms with Crippen LogP contribution in [0.3, 0.4) is 0 Å². The summed E-state index contributed by atoms with van der Waals surface area (Å²) in [6, 6.07) is 15.0. The molecule has 3 rings (SSSR count). The quantitative estimate of drug-likeness (QED) is 0.261. The summed E-state index contributed by atoms with van der Waals surface area (Å²) in [7, 11) is -1.53. The number of carbonyl (C=O) groups excluding carboxylic acids is 2. The summed E-state index contributed by atoms with van der Waals surface area (Å²) in [5, 5.41) is 2.83. The van der Waals surface area contributed by atoms with E-state index in [0.717, 1.165) is 4.31 Å². The first-order valence-corrected chi connectivity index (χ1v) is 15.6. The molecule has 0 saturated heterocycles. The van der Waals surface area contributed by atoms with Gasteiger partial charge in [-0.15, -0.1) is 0 Å². The highest BCUT2D eigenvalue weighted by Crippen LogP contribution is 2.33. The number of carbonyl (C=O) groups is 2.